The molecule has 3 unspecified atom stereocenters. The lowest BCUT2D eigenvalue weighted by Gasteiger charge is -2.33. The lowest BCUT2D eigenvalue weighted by Crippen LogP contribution is -2.51. The predicted octanol–water partition coefficient (Wildman–Crippen LogP) is 13.4. The molecule has 6 aromatic carbocycles. The molecular formula is C76H79N7O14S2. The molecule has 5 amide bonds. The van der Waals surface area contributed by atoms with E-state index in [9.17, 15) is 19.2 Å². The zero-order valence-corrected chi connectivity index (χ0v) is 57.1. The minimum Gasteiger partial charge on any atom is -0.493 e. The predicted molar refractivity (Wildman–Crippen MR) is 378 cm³/mol. The molecule has 1 aromatic heterocycles. The van der Waals surface area contributed by atoms with Gasteiger partial charge in [0.25, 0.3) is 11.8 Å². The summed E-state index contributed by atoms with van der Waals surface area (Å²) in [6.45, 7) is 12.7. The van der Waals surface area contributed by atoms with Crippen LogP contribution in [0.25, 0.3) is 22.3 Å². The van der Waals surface area contributed by atoms with Gasteiger partial charge in [-0.15, -0.1) is 0 Å². The first-order valence-corrected chi connectivity index (χ1v) is 35.5. The van der Waals surface area contributed by atoms with Crippen LogP contribution in [0.3, 0.4) is 0 Å². The van der Waals surface area contributed by atoms with Crippen LogP contribution in [-0.4, -0.2) is 171 Å². The highest BCUT2D eigenvalue weighted by Crippen LogP contribution is 2.47. The summed E-state index contributed by atoms with van der Waals surface area (Å²) in [4.78, 5) is 82.4. The minimum atomic E-state index is -0.853. The van der Waals surface area contributed by atoms with Crippen LogP contribution in [0.15, 0.2) is 175 Å². The third-order valence-corrected chi connectivity index (χ3v) is 21.5. The van der Waals surface area contributed by atoms with Crippen molar-refractivity contribution in [3.63, 3.8) is 0 Å². The Labute approximate surface area is 583 Å². The molecule has 0 saturated carbocycles. The van der Waals surface area contributed by atoms with Crippen molar-refractivity contribution in [2.24, 2.45) is 0 Å². The Hall–Kier alpha value is -9.68. The van der Waals surface area contributed by atoms with Crippen LogP contribution in [0.1, 0.15) is 93.8 Å². The molecule has 6 aliphatic rings. The molecule has 0 spiro atoms. The number of ether oxygens (including phenoxy) is 9. The van der Waals surface area contributed by atoms with Crippen LogP contribution in [0.4, 0.5) is 25.8 Å². The van der Waals surface area contributed by atoms with E-state index in [1.807, 2.05) is 73.7 Å². The van der Waals surface area contributed by atoms with E-state index in [0.29, 0.717) is 50.1 Å². The van der Waals surface area contributed by atoms with Crippen LogP contribution in [0.5, 0.6) is 23.0 Å². The van der Waals surface area contributed by atoms with Crippen LogP contribution in [-0.2, 0) is 23.7 Å². The number of pyridine rings is 1. The Morgan fingerprint density at radius 2 is 1.05 bits per heavy atom. The smallest absolute Gasteiger partial charge is 0.412 e. The van der Waals surface area contributed by atoms with Gasteiger partial charge < -0.3 is 58.2 Å². The van der Waals surface area contributed by atoms with E-state index < -0.39 is 48.7 Å². The molecule has 4 fully saturated rings. The molecule has 99 heavy (non-hydrogen) atoms. The molecule has 0 radical (unpaired) electrons. The van der Waals surface area contributed by atoms with E-state index in [1.165, 1.54) is 46.8 Å². The van der Waals surface area contributed by atoms with Crippen molar-refractivity contribution in [1.82, 2.24) is 24.6 Å². The van der Waals surface area contributed by atoms with Gasteiger partial charge in [-0.1, -0.05) is 138 Å². The van der Waals surface area contributed by atoms with Gasteiger partial charge in [-0.05, 0) is 119 Å². The molecule has 2 aliphatic carbocycles. The van der Waals surface area contributed by atoms with E-state index in [0.717, 1.165) is 60.7 Å². The standard InChI is InChI=1S/C76H79N7O14S2/c1-46-35-63(72-80(29-33-93-72)75(87)96-44-59-53-23-11-7-19-49(53)50-20-8-12-24-54(50)59)82(41-46)70(84)57-37-65(89-4)67(39-61(57)77)91-31-17-6-18-32-92-68-40-62(79-74(86)95-43-48(3)98-99-69-27-15-16-28-78-69)58(38-66(68)90-5)71(85)83-42-47(2)36-64(83)73-81(30-34-94-73)76(88)97-45-60-55-25-13-9-21-51(55)52-22-10-14-26-56(52)60/h7-16,19-28,37-40,48,59-60,63-64,72-73H,1-2,6,17-18,29-36,41-45,77H2,3-5H3,(H,79,86)/t48?,63-,64-,72?,73?/m0/s1. The molecule has 4 aliphatic heterocycles. The van der Waals surface area contributed by atoms with Gasteiger partial charge >= 0.3 is 18.3 Å². The first kappa shape index (κ1) is 67.9. The molecule has 21 nitrogen and oxygen atoms in total. The molecule has 4 saturated heterocycles. The van der Waals surface area contributed by atoms with Crippen molar-refractivity contribution in [1.29, 1.82) is 0 Å². The summed E-state index contributed by atoms with van der Waals surface area (Å²) in [5.74, 6) is 0.0588. The number of rotatable bonds is 24. The first-order valence-electron chi connectivity index (χ1n) is 33.3. The molecule has 7 aromatic rings. The van der Waals surface area contributed by atoms with Gasteiger partial charge in [-0.3, -0.25) is 24.7 Å². The van der Waals surface area contributed by atoms with E-state index >= 15 is 4.79 Å². The SMILES string of the molecule is C=C1C[C@@H](C2OCCN2C(=O)OCC2c3ccccc3-c3ccccc32)N(C(=O)c2cc(OC)c(OCCCCCOc3cc(NC(=O)OCC(C)SSc4ccccn4)c(C(=O)N4CC(=C)C[C@H]4C4OCCN4C(=O)OCC4c5ccccc5-c5ccccc54)cc3OC)cc2N)C1. The molecule has 514 valence electrons. The Bertz CT molecular complexity index is 4110. The van der Waals surface area contributed by atoms with Crippen molar-refractivity contribution < 1.29 is 66.6 Å². The maximum Gasteiger partial charge on any atom is 0.412 e. The largest absolute Gasteiger partial charge is 0.493 e. The second-order valence-electron chi connectivity index (χ2n) is 25.2. The zero-order valence-electron chi connectivity index (χ0n) is 55.5. The number of fused-ring (bicyclic) bond motifs is 6. The molecule has 5 atom stereocenters. The number of amides is 5. The maximum atomic E-state index is 15.2. The van der Waals surface area contributed by atoms with Gasteiger partial charge in [0.2, 0.25) is 0 Å². The quantitative estimate of drug-likeness (QED) is 0.0188. The fourth-order valence-electron chi connectivity index (χ4n) is 14.1. The van der Waals surface area contributed by atoms with Crippen LogP contribution >= 0.6 is 21.6 Å². The first-order chi connectivity index (χ1) is 48.2. The normalized spacial score (nSPS) is 18.7. The lowest BCUT2D eigenvalue weighted by molar-refractivity contribution is -0.0211. The fourth-order valence-corrected chi connectivity index (χ4v) is 15.9. The molecule has 3 N–H and O–H groups in total. The van der Waals surface area contributed by atoms with Crippen molar-refractivity contribution >= 4 is 63.1 Å². The molecular weight excluding hydrogens is 1300 g/mol. The average Bonchev–Trinajstić information content (AvgIpc) is 1.65. The van der Waals surface area contributed by atoms with E-state index in [2.05, 4.69) is 72.0 Å². The summed E-state index contributed by atoms with van der Waals surface area (Å²) >= 11 is 0. The third-order valence-electron chi connectivity index (χ3n) is 18.8. The lowest BCUT2D eigenvalue weighted by atomic mass is 9.98. The summed E-state index contributed by atoms with van der Waals surface area (Å²) in [6, 6.07) is 43.3. The van der Waals surface area contributed by atoms with Crippen molar-refractivity contribution in [2.75, 3.05) is 97.7 Å². The number of unbranched alkanes of at least 4 members (excludes halogenated alkanes) is 2. The second-order valence-corrected chi connectivity index (χ2v) is 27.9. The summed E-state index contributed by atoms with van der Waals surface area (Å²) in [5.41, 5.74) is 17.7. The van der Waals surface area contributed by atoms with Gasteiger partial charge in [-0.2, -0.15) is 0 Å². The number of likely N-dealkylation sites (tertiary alicyclic amines) is 2. The molecule has 0 bridgehead atoms. The summed E-state index contributed by atoms with van der Waals surface area (Å²) in [7, 11) is 5.93. The number of nitrogens with zero attached hydrogens (tertiary/aromatic N) is 5. The number of methoxy groups -OCH3 is 2. The Kier molecular flexibility index (Phi) is 21.0. The Balaban J connectivity index is 0.634. The van der Waals surface area contributed by atoms with Gasteiger partial charge in [0.1, 0.15) is 24.8 Å². The van der Waals surface area contributed by atoms with Gasteiger partial charge in [0.15, 0.2) is 35.5 Å². The number of carbonyl (C=O) groups is 5. The van der Waals surface area contributed by atoms with Gasteiger partial charge in [-0.25, -0.2) is 19.4 Å². The highest BCUT2D eigenvalue weighted by atomic mass is 33.1. The van der Waals surface area contributed by atoms with Crippen LogP contribution in [0.2, 0.25) is 0 Å². The van der Waals surface area contributed by atoms with Gasteiger partial charge in [0.05, 0.1) is 82.6 Å². The number of hydrogen-bond donors (Lipinski definition) is 2. The fraction of sp³-hybridized carbons (Fsp3) is 0.342. The maximum absolute atomic E-state index is 15.2. The zero-order chi connectivity index (χ0) is 68.7. The number of nitrogen functional groups attached to an aromatic ring is 1. The van der Waals surface area contributed by atoms with E-state index in [4.69, 9.17) is 48.4 Å². The van der Waals surface area contributed by atoms with Crippen LogP contribution < -0.4 is 30.0 Å². The number of nitrogens with two attached hydrogens (primary N) is 1. The molecule has 23 heteroatoms. The molecule has 13 rings (SSSR count). The number of aromatic nitrogens is 1. The average molecular weight is 1380 g/mol. The number of anilines is 2. The van der Waals surface area contributed by atoms with Gasteiger partial charge in [0, 0.05) is 54.2 Å². The Morgan fingerprint density at radius 1 is 0.586 bits per heavy atom. The summed E-state index contributed by atoms with van der Waals surface area (Å²) < 4.78 is 54.6. The van der Waals surface area contributed by atoms with Crippen LogP contribution in [0, 0.1) is 0 Å². The Morgan fingerprint density at radius 3 is 1.54 bits per heavy atom. The van der Waals surface area contributed by atoms with Crippen molar-refractivity contribution in [3.8, 4) is 45.3 Å². The molecule has 5 heterocycles. The highest BCUT2D eigenvalue weighted by Gasteiger charge is 2.48. The third kappa shape index (κ3) is 14.6. The number of benzene rings is 6. The minimum absolute atomic E-state index is 0.0504. The van der Waals surface area contributed by atoms with E-state index in [1.54, 1.807) is 39.1 Å². The summed E-state index contributed by atoms with van der Waals surface area (Å²) in [6.07, 6.45) is 0.819. The highest BCUT2D eigenvalue weighted by molar-refractivity contribution is 8.76. The topological polar surface area (TPSA) is 232 Å². The summed E-state index contributed by atoms with van der Waals surface area (Å²) in [5, 5.41) is 3.52. The van der Waals surface area contributed by atoms with Crippen molar-refractivity contribution in [3.05, 3.63) is 203 Å². The van der Waals surface area contributed by atoms with E-state index in [-0.39, 0.29) is 123 Å². The number of hydrogen-bond acceptors (Lipinski definition) is 18. The number of carbonyl (C=O) groups excluding carboxylic acids is 5. The number of nitrogens with one attached hydrogen (secondary N) is 1. The monoisotopic (exact) mass is 1380 g/mol. The van der Waals surface area contributed by atoms with Crippen molar-refractivity contribution in [2.45, 2.75) is 85.7 Å². The second kappa shape index (κ2) is 30.6.